The average Bonchev–Trinajstić information content (AvgIpc) is 3.27. The van der Waals surface area contributed by atoms with Gasteiger partial charge in [-0.25, -0.2) is 16.8 Å². The third-order valence-electron chi connectivity index (χ3n) is 5.24. The van der Waals surface area contributed by atoms with Gasteiger partial charge in [-0.05, 0) is 61.3 Å². The van der Waals surface area contributed by atoms with Crippen molar-refractivity contribution in [2.45, 2.75) is 23.8 Å². The number of nitriles is 1. The maximum Gasteiger partial charge on any atom is 0.269 e. The van der Waals surface area contributed by atoms with Crippen LogP contribution in [0.5, 0.6) is 0 Å². The molecule has 0 aliphatic heterocycles. The van der Waals surface area contributed by atoms with Crippen LogP contribution in [-0.4, -0.2) is 19.4 Å². The Kier molecular flexibility index (Phi) is 4.95. The predicted molar refractivity (Wildman–Crippen MR) is 109 cm³/mol. The predicted octanol–water partition coefficient (Wildman–Crippen LogP) is 4.26. The van der Waals surface area contributed by atoms with Crippen LogP contribution in [0.3, 0.4) is 0 Å². The van der Waals surface area contributed by atoms with E-state index >= 15 is 0 Å². The molecule has 5 nitrogen and oxygen atoms in total. The molecule has 1 heterocycles. The number of nitrogens with one attached hydrogen (secondary N) is 1. The van der Waals surface area contributed by atoms with Gasteiger partial charge in [0.25, 0.3) is 10.0 Å². The summed E-state index contributed by atoms with van der Waals surface area (Å²) in [6.45, 7) is 0. The third kappa shape index (κ3) is 3.14. The zero-order valence-electron chi connectivity index (χ0n) is 15.5. The molecular weight excluding hydrogens is 413 g/mol. The van der Waals surface area contributed by atoms with Crippen LogP contribution in [0.15, 0.2) is 53.6 Å². The van der Waals surface area contributed by atoms with Gasteiger partial charge in [0, 0.05) is 17.8 Å². The Morgan fingerprint density at radius 2 is 2.03 bits per heavy atom. The Morgan fingerprint density at radius 3 is 2.69 bits per heavy atom. The summed E-state index contributed by atoms with van der Waals surface area (Å²) < 4.78 is 42.8. The number of rotatable bonds is 4. The van der Waals surface area contributed by atoms with Gasteiger partial charge >= 0.3 is 0 Å². The molecule has 0 fully saturated rings. The Balaban J connectivity index is 2.00. The smallest absolute Gasteiger partial charge is 0.269 e. The summed E-state index contributed by atoms with van der Waals surface area (Å²) in [5, 5.41) is 12.1. The van der Waals surface area contributed by atoms with Crippen molar-refractivity contribution in [1.82, 2.24) is 9.29 Å². The van der Waals surface area contributed by atoms with Crippen LogP contribution in [0.25, 0.3) is 11.3 Å². The molecule has 1 unspecified atom stereocenters. The van der Waals surface area contributed by atoms with E-state index in [1.54, 1.807) is 24.4 Å². The molecule has 1 atom stereocenters. The molecule has 0 saturated carbocycles. The lowest BCUT2D eigenvalue weighted by atomic mass is 10.1. The number of benzene rings is 2. The van der Waals surface area contributed by atoms with E-state index in [1.807, 2.05) is 13.1 Å². The van der Waals surface area contributed by atoms with Gasteiger partial charge in [-0.1, -0.05) is 23.7 Å². The van der Waals surface area contributed by atoms with E-state index < -0.39 is 15.8 Å². The molecule has 2 aromatic carbocycles. The third-order valence-corrected chi connectivity index (χ3v) is 7.39. The van der Waals surface area contributed by atoms with Crippen LogP contribution < -0.4 is 5.32 Å². The van der Waals surface area contributed by atoms with Crippen molar-refractivity contribution in [1.29, 1.82) is 5.26 Å². The van der Waals surface area contributed by atoms with Gasteiger partial charge in [-0.15, -0.1) is 0 Å². The normalized spacial score (nSPS) is 15.9. The average molecular weight is 430 g/mol. The number of hydrogen-bond donors (Lipinski definition) is 1. The minimum Gasteiger partial charge on any atom is -0.313 e. The lowest BCUT2D eigenvalue weighted by Crippen LogP contribution is -2.16. The van der Waals surface area contributed by atoms with Crippen molar-refractivity contribution >= 4 is 21.6 Å². The van der Waals surface area contributed by atoms with E-state index in [1.165, 1.54) is 24.3 Å². The largest absolute Gasteiger partial charge is 0.313 e. The van der Waals surface area contributed by atoms with Gasteiger partial charge in [0.15, 0.2) is 0 Å². The fourth-order valence-electron chi connectivity index (χ4n) is 3.86. The van der Waals surface area contributed by atoms with Gasteiger partial charge in [-0.2, -0.15) is 5.26 Å². The van der Waals surface area contributed by atoms with Crippen LogP contribution in [0, 0.1) is 17.1 Å². The van der Waals surface area contributed by atoms with E-state index in [4.69, 9.17) is 16.9 Å². The van der Waals surface area contributed by atoms with Crippen molar-refractivity contribution in [2.24, 2.45) is 0 Å². The SMILES string of the molecule is CNC1CCc2c1cn(S(=O)(=O)c1ccc(C#N)cc1Cl)c2-c1ccccc1F. The fraction of sp³-hybridized carbons (Fsp3) is 0.190. The molecule has 0 radical (unpaired) electrons. The van der Waals surface area contributed by atoms with Crippen molar-refractivity contribution in [3.05, 3.63) is 76.2 Å². The zero-order valence-corrected chi connectivity index (χ0v) is 17.1. The summed E-state index contributed by atoms with van der Waals surface area (Å²) in [7, 11) is -2.31. The van der Waals surface area contributed by atoms with Crippen molar-refractivity contribution in [3.63, 3.8) is 0 Å². The standard InChI is InChI=1S/C21H17ClFN3O2S/c1-25-19-8-7-14-16(19)12-26(21(14)15-4-2-3-5-18(15)23)29(27,28)20-9-6-13(11-24)10-17(20)22/h2-6,9-10,12,19,25H,7-8H2,1H3. The quantitative estimate of drug-likeness (QED) is 0.672. The number of aromatic nitrogens is 1. The number of nitrogens with zero attached hydrogens (tertiary/aromatic N) is 2. The maximum atomic E-state index is 14.7. The molecule has 8 heteroatoms. The van der Waals surface area contributed by atoms with E-state index in [9.17, 15) is 12.8 Å². The van der Waals surface area contributed by atoms with Crippen molar-refractivity contribution in [3.8, 4) is 17.3 Å². The fourth-order valence-corrected chi connectivity index (χ4v) is 5.79. The lowest BCUT2D eigenvalue weighted by molar-refractivity contribution is 0.578. The highest BCUT2D eigenvalue weighted by Gasteiger charge is 2.33. The second-order valence-electron chi connectivity index (χ2n) is 6.83. The summed E-state index contributed by atoms with van der Waals surface area (Å²) in [6, 6.07) is 12.1. The monoisotopic (exact) mass is 429 g/mol. The van der Waals surface area contributed by atoms with Gasteiger partial charge in [0.2, 0.25) is 0 Å². The zero-order chi connectivity index (χ0) is 20.8. The van der Waals surface area contributed by atoms with Crippen LogP contribution in [0.2, 0.25) is 5.02 Å². The van der Waals surface area contributed by atoms with Crippen LogP contribution >= 0.6 is 11.6 Å². The minimum absolute atomic E-state index is 0.0107. The van der Waals surface area contributed by atoms with Gasteiger partial charge < -0.3 is 5.32 Å². The molecule has 1 N–H and O–H groups in total. The van der Waals surface area contributed by atoms with Gasteiger partial charge in [0.1, 0.15) is 10.7 Å². The van der Waals surface area contributed by atoms with Crippen LogP contribution in [-0.2, 0) is 16.4 Å². The molecule has 148 valence electrons. The van der Waals surface area contributed by atoms with E-state index in [0.717, 1.165) is 21.5 Å². The van der Waals surface area contributed by atoms with Gasteiger partial charge in [0.05, 0.1) is 22.3 Å². The van der Waals surface area contributed by atoms with E-state index in [-0.39, 0.29) is 27.1 Å². The first kappa shape index (κ1) is 19.6. The molecule has 0 saturated heterocycles. The molecule has 29 heavy (non-hydrogen) atoms. The Hall–Kier alpha value is -2.66. The van der Waals surface area contributed by atoms with Crippen molar-refractivity contribution in [2.75, 3.05) is 7.05 Å². The Bertz CT molecular complexity index is 1260. The van der Waals surface area contributed by atoms with Crippen LogP contribution in [0.1, 0.15) is 29.2 Å². The summed E-state index contributed by atoms with van der Waals surface area (Å²) >= 11 is 6.19. The molecule has 0 bridgehead atoms. The lowest BCUT2D eigenvalue weighted by Gasteiger charge is -2.14. The number of fused-ring (bicyclic) bond motifs is 1. The van der Waals surface area contributed by atoms with E-state index in [2.05, 4.69) is 5.32 Å². The maximum absolute atomic E-state index is 14.7. The number of halogens is 2. The van der Waals surface area contributed by atoms with E-state index in [0.29, 0.717) is 12.1 Å². The number of hydrogen-bond acceptors (Lipinski definition) is 4. The molecule has 1 aliphatic rings. The van der Waals surface area contributed by atoms with Crippen LogP contribution in [0.4, 0.5) is 4.39 Å². The molecule has 4 rings (SSSR count). The van der Waals surface area contributed by atoms with Gasteiger partial charge in [-0.3, -0.25) is 0 Å². The summed E-state index contributed by atoms with van der Waals surface area (Å²) in [6.07, 6.45) is 2.99. The summed E-state index contributed by atoms with van der Waals surface area (Å²) in [5.74, 6) is -0.497. The first-order chi connectivity index (χ1) is 13.9. The first-order valence-electron chi connectivity index (χ1n) is 9.00. The molecule has 0 spiro atoms. The summed E-state index contributed by atoms with van der Waals surface area (Å²) in [5.41, 5.74) is 2.44. The second kappa shape index (κ2) is 7.30. The Labute approximate surface area is 173 Å². The molecular formula is C21H17ClFN3O2S. The topological polar surface area (TPSA) is 74.9 Å². The highest BCUT2D eigenvalue weighted by molar-refractivity contribution is 7.90. The first-order valence-corrected chi connectivity index (χ1v) is 10.8. The van der Waals surface area contributed by atoms with Crippen molar-refractivity contribution < 1.29 is 12.8 Å². The molecule has 3 aromatic rings. The second-order valence-corrected chi connectivity index (χ2v) is 9.02. The molecule has 0 amide bonds. The summed E-state index contributed by atoms with van der Waals surface area (Å²) in [4.78, 5) is -0.134. The minimum atomic E-state index is -4.12. The Morgan fingerprint density at radius 1 is 1.28 bits per heavy atom. The highest BCUT2D eigenvalue weighted by atomic mass is 35.5. The highest BCUT2D eigenvalue weighted by Crippen LogP contribution is 2.42. The molecule has 1 aromatic heterocycles. The molecule has 1 aliphatic carbocycles.